The first kappa shape index (κ1) is 10.5. The quantitative estimate of drug-likeness (QED) is 0.747. The lowest BCUT2D eigenvalue weighted by Gasteiger charge is -2.19. The third kappa shape index (κ3) is 2.09. The van der Waals surface area contributed by atoms with E-state index in [1.807, 2.05) is 17.5 Å². The number of H-pyrrole nitrogens is 1. The van der Waals surface area contributed by atoms with Crippen molar-refractivity contribution < 1.29 is 0 Å². The highest BCUT2D eigenvalue weighted by molar-refractivity contribution is 7.14. The molecule has 0 spiro atoms. The van der Waals surface area contributed by atoms with Gasteiger partial charge in [-0.25, -0.2) is 4.79 Å². The minimum absolute atomic E-state index is 0.287. The highest BCUT2D eigenvalue weighted by atomic mass is 32.1. The number of hydrogen-bond donors (Lipinski definition) is 3. The molecule has 0 saturated heterocycles. The topological polar surface area (TPSA) is 69.8 Å². The van der Waals surface area contributed by atoms with Gasteiger partial charge in [-0.15, -0.1) is 11.3 Å². The van der Waals surface area contributed by atoms with E-state index in [0.29, 0.717) is 5.82 Å². The van der Waals surface area contributed by atoms with Crippen LogP contribution in [0.4, 0.5) is 10.8 Å². The molecule has 0 fully saturated rings. The maximum atomic E-state index is 11.5. The largest absolute Gasteiger partial charge is 0.347 e. The molecule has 88 valence electrons. The molecule has 3 rings (SSSR count). The molecule has 1 aliphatic heterocycles. The van der Waals surface area contributed by atoms with Gasteiger partial charge in [0, 0.05) is 30.8 Å². The van der Waals surface area contributed by atoms with Gasteiger partial charge in [0.05, 0.1) is 5.00 Å². The van der Waals surface area contributed by atoms with Gasteiger partial charge in [0.1, 0.15) is 5.82 Å². The number of nitrogens with one attached hydrogen (secondary N) is 3. The van der Waals surface area contributed by atoms with Crippen LogP contribution in [0, 0.1) is 0 Å². The molecule has 2 aromatic heterocycles. The summed E-state index contributed by atoms with van der Waals surface area (Å²) in [5.41, 5.74) is 1.76. The van der Waals surface area contributed by atoms with Crippen LogP contribution in [0.3, 0.4) is 0 Å². The minimum atomic E-state index is -0.287. The average Bonchev–Trinajstić information content (AvgIpc) is 2.81. The van der Waals surface area contributed by atoms with Crippen LogP contribution in [0.25, 0.3) is 0 Å². The second-order valence-corrected chi connectivity index (χ2v) is 4.82. The number of thiophene rings is 1. The molecular weight excluding hydrogens is 236 g/mol. The molecule has 17 heavy (non-hydrogen) atoms. The van der Waals surface area contributed by atoms with E-state index in [-0.39, 0.29) is 5.69 Å². The summed E-state index contributed by atoms with van der Waals surface area (Å²) in [6, 6.07) is 3.93. The zero-order chi connectivity index (χ0) is 11.7. The summed E-state index contributed by atoms with van der Waals surface area (Å²) in [5.74, 6) is 0.665. The van der Waals surface area contributed by atoms with Crippen LogP contribution in [0.2, 0.25) is 0 Å². The second-order valence-electron chi connectivity index (χ2n) is 3.88. The second kappa shape index (κ2) is 4.31. The Kier molecular flexibility index (Phi) is 2.66. The standard InChI is InChI=1S/C11H12N4OS/c16-11-13-8-3-4-12-6-7(8)10(15-11)14-9-2-1-5-17-9/h1-2,5,12H,3-4,6H2,(H2,13,14,15,16). The Morgan fingerprint density at radius 3 is 3.24 bits per heavy atom. The van der Waals surface area contributed by atoms with Gasteiger partial charge < -0.3 is 15.6 Å². The first-order valence-electron chi connectivity index (χ1n) is 5.46. The van der Waals surface area contributed by atoms with E-state index in [1.54, 1.807) is 11.3 Å². The molecule has 6 heteroatoms. The van der Waals surface area contributed by atoms with Crippen molar-refractivity contribution >= 4 is 22.2 Å². The first-order valence-corrected chi connectivity index (χ1v) is 6.34. The third-order valence-electron chi connectivity index (χ3n) is 2.74. The molecule has 0 radical (unpaired) electrons. The fourth-order valence-electron chi connectivity index (χ4n) is 1.94. The van der Waals surface area contributed by atoms with Crippen LogP contribution in [-0.2, 0) is 13.0 Å². The molecule has 3 N–H and O–H groups in total. The normalized spacial score (nSPS) is 14.4. The Balaban J connectivity index is 2.03. The fraction of sp³-hybridized carbons (Fsp3) is 0.273. The van der Waals surface area contributed by atoms with Crippen LogP contribution in [-0.4, -0.2) is 16.5 Å². The van der Waals surface area contributed by atoms with E-state index in [2.05, 4.69) is 20.6 Å². The number of aromatic nitrogens is 2. The van der Waals surface area contributed by atoms with Crippen molar-refractivity contribution in [3.63, 3.8) is 0 Å². The smallest absolute Gasteiger partial charge is 0.331 e. The zero-order valence-electron chi connectivity index (χ0n) is 9.12. The Bertz CT molecular complexity index is 576. The molecule has 5 nitrogen and oxygen atoms in total. The van der Waals surface area contributed by atoms with Gasteiger partial charge in [-0.1, -0.05) is 0 Å². The summed E-state index contributed by atoms with van der Waals surface area (Å²) in [4.78, 5) is 18.3. The fourth-order valence-corrected chi connectivity index (χ4v) is 2.56. The summed E-state index contributed by atoms with van der Waals surface area (Å²) < 4.78 is 0. The lowest BCUT2D eigenvalue weighted by atomic mass is 10.1. The van der Waals surface area contributed by atoms with Crippen LogP contribution in [0.15, 0.2) is 22.3 Å². The maximum Gasteiger partial charge on any atom is 0.347 e. The van der Waals surface area contributed by atoms with Gasteiger partial charge in [-0.05, 0) is 17.5 Å². The number of rotatable bonds is 2. The predicted molar refractivity (Wildman–Crippen MR) is 67.9 cm³/mol. The molecule has 0 aromatic carbocycles. The van der Waals surface area contributed by atoms with Crippen molar-refractivity contribution in [3.8, 4) is 0 Å². The highest BCUT2D eigenvalue weighted by Gasteiger charge is 2.15. The lowest BCUT2D eigenvalue weighted by Crippen LogP contribution is -2.29. The molecule has 0 atom stereocenters. The number of aromatic amines is 1. The van der Waals surface area contributed by atoms with E-state index in [1.165, 1.54) is 0 Å². The predicted octanol–water partition coefficient (Wildman–Crippen LogP) is 1.22. The molecule has 3 heterocycles. The van der Waals surface area contributed by atoms with Gasteiger partial charge >= 0.3 is 5.69 Å². The van der Waals surface area contributed by atoms with Gasteiger partial charge in [0.2, 0.25) is 0 Å². The number of nitrogens with zero attached hydrogens (tertiary/aromatic N) is 1. The Hall–Kier alpha value is -1.66. The van der Waals surface area contributed by atoms with Gasteiger partial charge in [0.25, 0.3) is 0 Å². The summed E-state index contributed by atoms with van der Waals surface area (Å²) in [7, 11) is 0. The summed E-state index contributed by atoms with van der Waals surface area (Å²) in [5, 5.41) is 9.46. The van der Waals surface area contributed by atoms with Crippen LogP contribution in [0.1, 0.15) is 11.3 Å². The van der Waals surface area contributed by atoms with Crippen molar-refractivity contribution in [2.75, 3.05) is 11.9 Å². The Morgan fingerprint density at radius 1 is 1.47 bits per heavy atom. The molecule has 0 saturated carbocycles. The highest BCUT2D eigenvalue weighted by Crippen LogP contribution is 2.24. The van der Waals surface area contributed by atoms with Crippen molar-refractivity contribution in [1.29, 1.82) is 0 Å². The van der Waals surface area contributed by atoms with Crippen molar-refractivity contribution in [1.82, 2.24) is 15.3 Å². The van der Waals surface area contributed by atoms with Gasteiger partial charge in [0.15, 0.2) is 0 Å². The number of anilines is 2. The van der Waals surface area contributed by atoms with Crippen LogP contribution in [0.5, 0.6) is 0 Å². The molecule has 0 bridgehead atoms. The monoisotopic (exact) mass is 248 g/mol. The van der Waals surface area contributed by atoms with Gasteiger partial charge in [-0.2, -0.15) is 4.98 Å². The number of fused-ring (bicyclic) bond motifs is 1. The van der Waals surface area contributed by atoms with Gasteiger partial charge in [-0.3, -0.25) is 0 Å². The molecule has 1 aliphatic rings. The molecule has 2 aromatic rings. The molecule has 0 aliphatic carbocycles. The minimum Gasteiger partial charge on any atom is -0.331 e. The maximum absolute atomic E-state index is 11.5. The van der Waals surface area contributed by atoms with E-state index in [0.717, 1.165) is 35.8 Å². The molecular formula is C11H12N4OS. The Labute approximate surface area is 102 Å². The summed E-state index contributed by atoms with van der Waals surface area (Å²) in [6.07, 6.45) is 0.839. The van der Waals surface area contributed by atoms with Crippen molar-refractivity contribution in [2.45, 2.75) is 13.0 Å². The molecule has 0 amide bonds. The van der Waals surface area contributed by atoms with Crippen LogP contribution < -0.4 is 16.3 Å². The Morgan fingerprint density at radius 2 is 2.41 bits per heavy atom. The van der Waals surface area contributed by atoms with E-state index >= 15 is 0 Å². The first-order chi connectivity index (χ1) is 8.33. The lowest BCUT2D eigenvalue weighted by molar-refractivity contribution is 0.624. The summed E-state index contributed by atoms with van der Waals surface area (Å²) >= 11 is 1.59. The number of hydrogen-bond acceptors (Lipinski definition) is 5. The van der Waals surface area contributed by atoms with E-state index in [9.17, 15) is 4.79 Å². The van der Waals surface area contributed by atoms with E-state index in [4.69, 9.17) is 0 Å². The average molecular weight is 248 g/mol. The zero-order valence-corrected chi connectivity index (χ0v) is 9.93. The van der Waals surface area contributed by atoms with Crippen molar-refractivity contribution in [3.05, 3.63) is 39.3 Å². The summed E-state index contributed by atoms with van der Waals surface area (Å²) in [6.45, 7) is 1.64. The van der Waals surface area contributed by atoms with Crippen LogP contribution >= 0.6 is 11.3 Å². The van der Waals surface area contributed by atoms with E-state index < -0.39 is 0 Å². The third-order valence-corrected chi connectivity index (χ3v) is 3.52. The SMILES string of the molecule is O=c1nc(Nc2cccs2)c2c([nH]1)CCNC2. The van der Waals surface area contributed by atoms with Crippen molar-refractivity contribution in [2.24, 2.45) is 0 Å². The molecule has 0 unspecified atom stereocenters.